The van der Waals surface area contributed by atoms with Gasteiger partial charge >= 0.3 is 5.97 Å². The van der Waals surface area contributed by atoms with Crippen molar-refractivity contribution in [1.29, 1.82) is 0 Å². The van der Waals surface area contributed by atoms with Gasteiger partial charge in [-0.25, -0.2) is 4.79 Å². The standard InChI is InChI=1S/C52H70N2O10/c1-31(2)15-11-17-33(5)19-13-22-51(7)44(57)27-37-42(55)25-35-39(46(37)63-51)29-53(48(35)59)24-10-9-21-41(50(61)62)54-30-40-36(49(54)60)26-43(56)38-28-45(58)52(8,64-47(38)40)23-14-20-34(6)18-12-16-32(3)4/h15-16,19-20,25-26,41,44-45,55-58H,9-14,17-18,21-24,27-30H2,1-8H3,(H,61,62)/b33-19+,34-20+/t41-,44+,45-,51+,52-/m1/s1. The van der Waals surface area contributed by atoms with Crippen molar-refractivity contribution in [2.45, 2.75) is 181 Å². The van der Waals surface area contributed by atoms with Crippen molar-refractivity contribution in [1.82, 2.24) is 9.80 Å². The summed E-state index contributed by atoms with van der Waals surface area (Å²) < 4.78 is 13.1. The number of hydrogen-bond acceptors (Lipinski definition) is 9. The molecule has 0 spiro atoms. The maximum Gasteiger partial charge on any atom is 0.326 e. The number of aliphatic carboxylic acids is 1. The molecule has 348 valence electrons. The van der Waals surface area contributed by atoms with Crippen LogP contribution in [0, 0.1) is 0 Å². The number of allylic oxidation sites excluding steroid dienone is 8. The highest BCUT2D eigenvalue weighted by Gasteiger charge is 2.47. The molecule has 0 saturated heterocycles. The average molecular weight is 883 g/mol. The number of phenolic OH excluding ortho intramolecular Hbond substituents is 2. The van der Waals surface area contributed by atoms with Crippen molar-refractivity contribution in [3.05, 3.63) is 92.1 Å². The molecule has 0 fully saturated rings. The van der Waals surface area contributed by atoms with E-state index in [0.29, 0.717) is 84.4 Å². The second-order valence-electron chi connectivity index (χ2n) is 19.6. The third-order valence-electron chi connectivity index (χ3n) is 13.8. The van der Waals surface area contributed by atoms with Gasteiger partial charge in [-0.2, -0.15) is 0 Å². The first-order valence-electron chi connectivity index (χ1n) is 23.1. The van der Waals surface area contributed by atoms with Gasteiger partial charge in [-0.15, -0.1) is 0 Å². The number of rotatable bonds is 19. The summed E-state index contributed by atoms with van der Waals surface area (Å²) in [5, 5.41) is 54.9. The number of aliphatic hydroxyl groups excluding tert-OH is 2. The Labute approximate surface area is 379 Å². The Balaban J connectivity index is 1.08. The van der Waals surface area contributed by atoms with E-state index in [4.69, 9.17) is 9.47 Å². The van der Waals surface area contributed by atoms with Gasteiger partial charge < -0.3 is 44.8 Å². The Hall–Kier alpha value is -5.07. The van der Waals surface area contributed by atoms with Crippen LogP contribution in [0.15, 0.2) is 58.7 Å². The molecular formula is C52H70N2O10. The predicted molar refractivity (Wildman–Crippen MR) is 247 cm³/mol. The lowest BCUT2D eigenvalue weighted by atomic mass is 9.84. The first-order chi connectivity index (χ1) is 30.2. The van der Waals surface area contributed by atoms with Crippen LogP contribution >= 0.6 is 0 Å². The maximum absolute atomic E-state index is 13.9. The molecular weight excluding hydrogens is 813 g/mol. The molecule has 0 radical (unpaired) electrons. The zero-order valence-corrected chi connectivity index (χ0v) is 39.2. The normalized spacial score (nSPS) is 23.2. The maximum atomic E-state index is 13.9. The summed E-state index contributed by atoms with van der Waals surface area (Å²) in [7, 11) is 0. The molecule has 12 nitrogen and oxygen atoms in total. The lowest BCUT2D eigenvalue weighted by molar-refractivity contribution is -0.142. The molecule has 12 heteroatoms. The van der Waals surface area contributed by atoms with Gasteiger partial charge in [0.15, 0.2) is 0 Å². The molecule has 0 aromatic heterocycles. The lowest BCUT2D eigenvalue weighted by Crippen LogP contribution is -2.49. The van der Waals surface area contributed by atoms with Crippen molar-refractivity contribution >= 4 is 17.8 Å². The van der Waals surface area contributed by atoms with Crippen LogP contribution in [0.1, 0.15) is 169 Å². The summed E-state index contributed by atoms with van der Waals surface area (Å²) in [5.74, 6) is -1.39. The molecule has 0 saturated carbocycles. The zero-order valence-electron chi connectivity index (χ0n) is 39.2. The third kappa shape index (κ3) is 10.5. The van der Waals surface area contributed by atoms with Crippen LogP contribution in [0.25, 0.3) is 0 Å². The van der Waals surface area contributed by atoms with Gasteiger partial charge in [0.05, 0.1) is 36.4 Å². The van der Waals surface area contributed by atoms with E-state index in [1.807, 2.05) is 13.8 Å². The zero-order chi connectivity index (χ0) is 46.7. The highest BCUT2D eigenvalue weighted by Crippen LogP contribution is 2.48. The molecule has 4 aliphatic heterocycles. The molecule has 2 aromatic rings. The van der Waals surface area contributed by atoms with Crippen LogP contribution < -0.4 is 9.47 Å². The second-order valence-corrected chi connectivity index (χ2v) is 19.6. The van der Waals surface area contributed by atoms with Crippen molar-refractivity contribution in [2.75, 3.05) is 6.54 Å². The minimum absolute atomic E-state index is 0.0163. The number of amides is 2. The Bertz CT molecular complexity index is 2250. The van der Waals surface area contributed by atoms with E-state index >= 15 is 0 Å². The topological polar surface area (TPSA) is 177 Å². The monoisotopic (exact) mass is 883 g/mol. The Kier molecular flexibility index (Phi) is 15.1. The molecule has 2 amide bonds. The molecule has 5 atom stereocenters. The van der Waals surface area contributed by atoms with Gasteiger partial charge in [0.1, 0.15) is 40.2 Å². The number of ether oxygens (including phenoxy) is 2. The second kappa shape index (κ2) is 20.0. The van der Waals surface area contributed by atoms with Gasteiger partial charge in [-0.1, -0.05) is 46.6 Å². The number of fused-ring (bicyclic) bond motifs is 6. The number of aliphatic hydroxyl groups is 2. The summed E-state index contributed by atoms with van der Waals surface area (Å²) in [6.07, 6.45) is 14.6. The quantitative estimate of drug-likeness (QED) is 0.0675. The van der Waals surface area contributed by atoms with Crippen LogP contribution in [0.3, 0.4) is 0 Å². The summed E-state index contributed by atoms with van der Waals surface area (Å²) >= 11 is 0. The van der Waals surface area contributed by atoms with Crippen molar-refractivity contribution in [2.24, 2.45) is 0 Å². The first-order valence-corrected chi connectivity index (χ1v) is 23.1. The molecule has 0 unspecified atom stereocenters. The fourth-order valence-electron chi connectivity index (χ4n) is 9.56. The lowest BCUT2D eigenvalue weighted by Gasteiger charge is -2.41. The number of benzene rings is 2. The summed E-state index contributed by atoms with van der Waals surface area (Å²) in [6.45, 7) is 16.8. The smallest absolute Gasteiger partial charge is 0.326 e. The number of carboxylic acid groups (broad SMARTS) is 1. The summed E-state index contributed by atoms with van der Waals surface area (Å²) in [4.78, 5) is 43.3. The number of nitrogens with zero attached hydrogens (tertiary/aromatic N) is 2. The molecule has 0 bridgehead atoms. The van der Waals surface area contributed by atoms with E-state index in [9.17, 15) is 39.9 Å². The number of carbonyl (C=O) groups is 3. The van der Waals surface area contributed by atoms with Crippen molar-refractivity contribution in [3.8, 4) is 23.0 Å². The predicted octanol–water partition coefficient (Wildman–Crippen LogP) is 9.39. The molecule has 5 N–H and O–H groups in total. The average Bonchev–Trinajstić information content (AvgIpc) is 3.70. The number of unbranched alkanes of at least 4 members (excludes halogenated alkanes) is 1. The van der Waals surface area contributed by atoms with Gasteiger partial charge in [0.2, 0.25) is 0 Å². The highest BCUT2D eigenvalue weighted by atomic mass is 16.5. The number of carbonyl (C=O) groups excluding carboxylic acids is 2. The van der Waals surface area contributed by atoms with Crippen LogP contribution in [0.2, 0.25) is 0 Å². The van der Waals surface area contributed by atoms with Gasteiger partial charge in [-0.05, 0) is 138 Å². The van der Waals surface area contributed by atoms with Gasteiger partial charge in [-0.3, -0.25) is 9.59 Å². The Morgan fingerprint density at radius 1 is 0.703 bits per heavy atom. The van der Waals surface area contributed by atoms with Gasteiger partial charge in [0.25, 0.3) is 11.8 Å². The van der Waals surface area contributed by atoms with Crippen LogP contribution in [0.4, 0.5) is 0 Å². The Morgan fingerprint density at radius 3 is 1.64 bits per heavy atom. The number of carboxylic acids is 1. The number of hydrogen-bond donors (Lipinski definition) is 5. The van der Waals surface area contributed by atoms with E-state index in [0.717, 1.165) is 25.7 Å². The first kappa shape index (κ1) is 48.4. The summed E-state index contributed by atoms with van der Waals surface area (Å²) in [5.41, 5.74) is 5.79. The molecule has 4 aliphatic rings. The van der Waals surface area contributed by atoms with Crippen molar-refractivity contribution < 1.29 is 49.4 Å². The molecule has 0 aliphatic carbocycles. The molecule has 64 heavy (non-hydrogen) atoms. The SMILES string of the molecule is CC(C)=CCC/C(C)=C/CC[C@@]1(C)Oc2c(c(O)cc3c2CN([C@H](CCCCN2Cc4c(cc(O)c5c4O[C@@](C)(CC/C=C(\C)CCC=C(C)C)[C@@H](O)C5)C2=O)C(=O)O)C3=O)C[C@H]1O. The van der Waals surface area contributed by atoms with Crippen LogP contribution in [-0.2, 0) is 30.7 Å². The van der Waals surface area contributed by atoms with E-state index in [1.165, 1.54) is 39.3 Å². The number of phenols is 2. The van der Waals surface area contributed by atoms with Crippen LogP contribution in [0.5, 0.6) is 23.0 Å². The summed E-state index contributed by atoms with van der Waals surface area (Å²) in [6, 6.07) is 1.65. The van der Waals surface area contributed by atoms with E-state index in [-0.39, 0.29) is 55.3 Å². The largest absolute Gasteiger partial charge is 0.508 e. The third-order valence-corrected chi connectivity index (χ3v) is 13.8. The number of aromatic hydroxyl groups is 2. The van der Waals surface area contributed by atoms with Crippen molar-refractivity contribution in [3.63, 3.8) is 0 Å². The fourth-order valence-corrected chi connectivity index (χ4v) is 9.56. The highest BCUT2D eigenvalue weighted by molar-refractivity contribution is 6.02. The van der Waals surface area contributed by atoms with E-state index < -0.39 is 41.3 Å². The van der Waals surface area contributed by atoms with E-state index in [2.05, 4.69) is 65.8 Å². The van der Waals surface area contributed by atoms with E-state index in [1.54, 1.807) is 4.90 Å². The molecule has 4 heterocycles. The fraction of sp³-hybridized carbons (Fsp3) is 0.558. The minimum atomic E-state index is -1.17. The minimum Gasteiger partial charge on any atom is -0.508 e. The molecule has 6 rings (SSSR count). The molecule has 2 aromatic carbocycles. The van der Waals surface area contributed by atoms with Crippen LogP contribution in [-0.4, -0.2) is 89.1 Å². The van der Waals surface area contributed by atoms with Gasteiger partial charge in [0, 0.05) is 41.6 Å². The Morgan fingerprint density at radius 2 is 1.17 bits per heavy atom.